The van der Waals surface area contributed by atoms with Gasteiger partial charge in [0.05, 0.1) is 0 Å². The van der Waals surface area contributed by atoms with Crippen molar-refractivity contribution in [3.05, 3.63) is 35.4 Å². The van der Waals surface area contributed by atoms with E-state index in [2.05, 4.69) is 67.2 Å². The van der Waals surface area contributed by atoms with Gasteiger partial charge in [0.15, 0.2) is 0 Å². The SMILES string of the molecule is CCNC(CN1CCN(C)CC1C)c1ccc(CC)cc1. The van der Waals surface area contributed by atoms with Crippen LogP contribution in [0.15, 0.2) is 24.3 Å². The van der Waals surface area contributed by atoms with Crippen molar-refractivity contribution in [1.82, 2.24) is 15.1 Å². The van der Waals surface area contributed by atoms with Crippen LogP contribution in [0.4, 0.5) is 0 Å². The first-order valence-corrected chi connectivity index (χ1v) is 8.38. The fraction of sp³-hybridized carbons (Fsp3) is 0.667. The number of hydrogen-bond acceptors (Lipinski definition) is 3. The van der Waals surface area contributed by atoms with E-state index in [0.717, 1.165) is 19.5 Å². The van der Waals surface area contributed by atoms with Crippen molar-refractivity contribution in [2.45, 2.75) is 39.3 Å². The summed E-state index contributed by atoms with van der Waals surface area (Å²) in [6, 6.07) is 10.2. The lowest BCUT2D eigenvalue weighted by Gasteiger charge is -2.40. The van der Waals surface area contributed by atoms with Gasteiger partial charge in [0.25, 0.3) is 0 Å². The molecular formula is C18H31N3. The van der Waals surface area contributed by atoms with E-state index in [1.165, 1.54) is 30.8 Å². The molecule has 1 fully saturated rings. The zero-order chi connectivity index (χ0) is 15.2. The minimum absolute atomic E-state index is 0.437. The molecule has 118 valence electrons. The van der Waals surface area contributed by atoms with Crippen LogP contribution in [0.5, 0.6) is 0 Å². The maximum atomic E-state index is 3.66. The summed E-state index contributed by atoms with van der Waals surface area (Å²) in [5.41, 5.74) is 2.84. The Morgan fingerprint density at radius 2 is 1.90 bits per heavy atom. The van der Waals surface area contributed by atoms with E-state index in [4.69, 9.17) is 0 Å². The molecule has 2 rings (SSSR count). The number of benzene rings is 1. The maximum Gasteiger partial charge on any atom is 0.0449 e. The smallest absolute Gasteiger partial charge is 0.0449 e. The van der Waals surface area contributed by atoms with Gasteiger partial charge in [0.1, 0.15) is 0 Å². The van der Waals surface area contributed by atoms with Gasteiger partial charge in [-0.25, -0.2) is 0 Å². The molecule has 1 N–H and O–H groups in total. The second-order valence-corrected chi connectivity index (χ2v) is 6.31. The molecule has 1 aromatic carbocycles. The van der Waals surface area contributed by atoms with E-state index in [1.807, 2.05) is 0 Å². The molecule has 1 aliphatic rings. The number of piperazine rings is 1. The van der Waals surface area contributed by atoms with Crippen molar-refractivity contribution in [2.24, 2.45) is 0 Å². The molecule has 0 aliphatic carbocycles. The average molecular weight is 289 g/mol. The van der Waals surface area contributed by atoms with Crippen molar-refractivity contribution in [3.8, 4) is 0 Å². The first kappa shape index (κ1) is 16.5. The monoisotopic (exact) mass is 289 g/mol. The Hall–Kier alpha value is -0.900. The van der Waals surface area contributed by atoms with E-state index in [-0.39, 0.29) is 0 Å². The molecule has 0 spiro atoms. The van der Waals surface area contributed by atoms with Gasteiger partial charge in [-0.05, 0) is 38.1 Å². The lowest BCUT2D eigenvalue weighted by molar-refractivity contribution is 0.0906. The lowest BCUT2D eigenvalue weighted by Crippen LogP contribution is -2.52. The number of rotatable bonds is 6. The molecule has 0 aromatic heterocycles. The molecule has 2 atom stereocenters. The Balaban J connectivity index is 2.04. The van der Waals surface area contributed by atoms with Crippen molar-refractivity contribution in [2.75, 3.05) is 39.8 Å². The maximum absolute atomic E-state index is 3.66. The van der Waals surface area contributed by atoms with Gasteiger partial charge >= 0.3 is 0 Å². The van der Waals surface area contributed by atoms with E-state index >= 15 is 0 Å². The zero-order valence-electron chi connectivity index (χ0n) is 14.1. The topological polar surface area (TPSA) is 18.5 Å². The third-order valence-electron chi connectivity index (χ3n) is 4.63. The number of likely N-dealkylation sites (N-methyl/N-ethyl adjacent to an activating group) is 2. The largest absolute Gasteiger partial charge is 0.309 e. The fourth-order valence-corrected chi connectivity index (χ4v) is 3.20. The lowest BCUT2D eigenvalue weighted by atomic mass is 10.0. The first-order valence-electron chi connectivity index (χ1n) is 8.38. The van der Waals surface area contributed by atoms with Gasteiger partial charge < -0.3 is 10.2 Å². The Bertz CT molecular complexity index is 415. The normalized spacial score (nSPS) is 22.4. The molecule has 1 saturated heterocycles. The van der Waals surface area contributed by atoms with Crippen molar-refractivity contribution in [1.29, 1.82) is 0 Å². The van der Waals surface area contributed by atoms with Gasteiger partial charge in [-0.3, -0.25) is 4.90 Å². The molecule has 1 aromatic rings. The predicted octanol–water partition coefficient (Wildman–Crippen LogP) is 2.54. The van der Waals surface area contributed by atoms with Gasteiger partial charge in [-0.2, -0.15) is 0 Å². The van der Waals surface area contributed by atoms with Crippen LogP contribution in [0.3, 0.4) is 0 Å². The minimum atomic E-state index is 0.437. The average Bonchev–Trinajstić information content (AvgIpc) is 2.49. The van der Waals surface area contributed by atoms with Crippen LogP contribution in [0.2, 0.25) is 0 Å². The molecule has 0 radical (unpaired) electrons. The molecule has 3 heteroatoms. The Morgan fingerprint density at radius 3 is 2.48 bits per heavy atom. The number of nitrogens with zero attached hydrogens (tertiary/aromatic N) is 2. The second kappa shape index (κ2) is 7.92. The molecule has 0 bridgehead atoms. The van der Waals surface area contributed by atoms with Gasteiger partial charge in [-0.15, -0.1) is 0 Å². The van der Waals surface area contributed by atoms with E-state index in [1.54, 1.807) is 0 Å². The van der Waals surface area contributed by atoms with Crippen LogP contribution >= 0.6 is 0 Å². The number of aryl methyl sites for hydroxylation is 1. The van der Waals surface area contributed by atoms with Crippen LogP contribution in [0, 0.1) is 0 Å². The highest BCUT2D eigenvalue weighted by Crippen LogP contribution is 2.18. The summed E-state index contributed by atoms with van der Waals surface area (Å²) in [6.07, 6.45) is 1.11. The van der Waals surface area contributed by atoms with Crippen LogP contribution < -0.4 is 5.32 Å². The number of hydrogen-bond donors (Lipinski definition) is 1. The van der Waals surface area contributed by atoms with E-state index in [9.17, 15) is 0 Å². The van der Waals surface area contributed by atoms with Gasteiger partial charge in [0.2, 0.25) is 0 Å². The van der Waals surface area contributed by atoms with Gasteiger partial charge in [0, 0.05) is 38.3 Å². The Labute approximate surface area is 130 Å². The fourth-order valence-electron chi connectivity index (χ4n) is 3.20. The summed E-state index contributed by atoms with van der Waals surface area (Å²) in [4.78, 5) is 5.06. The summed E-state index contributed by atoms with van der Waals surface area (Å²) in [6.45, 7) is 12.4. The molecular weight excluding hydrogens is 258 g/mol. The highest BCUT2D eigenvalue weighted by molar-refractivity contribution is 5.25. The molecule has 1 aliphatic heterocycles. The molecule has 2 unspecified atom stereocenters. The zero-order valence-corrected chi connectivity index (χ0v) is 14.1. The van der Waals surface area contributed by atoms with Crippen LogP contribution in [-0.2, 0) is 6.42 Å². The third kappa shape index (κ3) is 4.53. The molecule has 0 amide bonds. The van der Waals surface area contributed by atoms with E-state index in [0.29, 0.717) is 12.1 Å². The Kier molecular flexibility index (Phi) is 6.22. The van der Waals surface area contributed by atoms with Crippen molar-refractivity contribution in [3.63, 3.8) is 0 Å². The van der Waals surface area contributed by atoms with Crippen LogP contribution in [-0.4, -0.2) is 55.6 Å². The molecule has 21 heavy (non-hydrogen) atoms. The second-order valence-electron chi connectivity index (χ2n) is 6.31. The molecule has 1 heterocycles. The molecule has 3 nitrogen and oxygen atoms in total. The highest BCUT2D eigenvalue weighted by Gasteiger charge is 2.24. The molecule has 0 saturated carbocycles. The van der Waals surface area contributed by atoms with Gasteiger partial charge in [-0.1, -0.05) is 38.1 Å². The summed E-state index contributed by atoms with van der Waals surface area (Å²) in [5.74, 6) is 0. The van der Waals surface area contributed by atoms with Crippen LogP contribution in [0.25, 0.3) is 0 Å². The quantitative estimate of drug-likeness (QED) is 0.868. The summed E-state index contributed by atoms with van der Waals surface area (Å²) in [7, 11) is 2.22. The van der Waals surface area contributed by atoms with Crippen molar-refractivity contribution >= 4 is 0 Å². The summed E-state index contributed by atoms with van der Waals surface area (Å²) >= 11 is 0. The third-order valence-corrected chi connectivity index (χ3v) is 4.63. The Morgan fingerprint density at radius 1 is 1.19 bits per heavy atom. The van der Waals surface area contributed by atoms with Crippen LogP contribution in [0.1, 0.15) is 37.9 Å². The summed E-state index contributed by atoms with van der Waals surface area (Å²) < 4.78 is 0. The predicted molar refractivity (Wildman–Crippen MR) is 90.8 cm³/mol. The first-order chi connectivity index (χ1) is 10.1. The van der Waals surface area contributed by atoms with E-state index < -0.39 is 0 Å². The number of nitrogens with one attached hydrogen (secondary N) is 1. The highest BCUT2D eigenvalue weighted by atomic mass is 15.3. The standard InChI is InChI=1S/C18H31N3/c1-5-16-7-9-17(10-8-16)18(19-6-2)14-21-12-11-20(4)13-15(21)3/h7-10,15,18-19H,5-6,11-14H2,1-4H3. The summed E-state index contributed by atoms with van der Waals surface area (Å²) in [5, 5.41) is 3.66. The minimum Gasteiger partial charge on any atom is -0.309 e. The van der Waals surface area contributed by atoms with Crippen molar-refractivity contribution < 1.29 is 0 Å².